The zero-order valence-electron chi connectivity index (χ0n) is 65.6. The molecule has 18 heteroatoms. The molecule has 572 valence electrons. The number of nitrogens with zero attached hydrogens (tertiary/aromatic N) is 4. The summed E-state index contributed by atoms with van der Waals surface area (Å²) in [5, 5.41) is -1.25. The summed E-state index contributed by atoms with van der Waals surface area (Å²) in [4.78, 5) is 121. The Balaban J connectivity index is 0.000000165. The van der Waals surface area contributed by atoms with Gasteiger partial charge < -0.3 is 0 Å². The molecule has 4 aliphatic rings. The normalized spacial score (nSPS) is 14.6. The minimum Gasteiger partial charge on any atom is -0.268 e. The van der Waals surface area contributed by atoms with Crippen LogP contribution in [-0.4, -0.2) is 47.3 Å². The van der Waals surface area contributed by atoms with Gasteiger partial charge in [0.25, 0.3) is 47.3 Å². The molecule has 0 radical (unpaired) electrons. The second kappa shape index (κ2) is 26.2. The van der Waals surface area contributed by atoms with Crippen LogP contribution in [0.2, 0.25) is 0 Å². The van der Waals surface area contributed by atoms with Gasteiger partial charge in [0.05, 0.1) is 56.1 Å². The van der Waals surface area contributed by atoms with E-state index in [0.29, 0.717) is 45.0 Å². The number of anilines is 4. The molecule has 0 saturated heterocycles. The number of imide groups is 4. The maximum absolute atomic E-state index is 17.0. The SMILES string of the molecule is CC(C)c1cccc(C(C)C)c1N1C(=O)c2cc(F)c3c4c(F)cc5c6c(cc(F)c(c7c(F)cc(c2c37)C1=O)c64)C(=O)N(c1c(C(C)C)cccc1C(C)C)C5=O.CC(C)c1cccc(C(C)C)c1N1C(=O)c2ccc3c4c(F)cc5c6c(ccc(c7c(F)cc(c2c37)C1=O)c64)C(=O)N(c1c(C(C)C)cccc1C(C)C)C5=O. The third-order valence-electron chi connectivity index (χ3n) is 23.9. The molecule has 14 aromatic carbocycles. The first-order valence-electron chi connectivity index (χ1n) is 38.8. The van der Waals surface area contributed by atoms with Gasteiger partial charge in [-0.1, -0.05) is 196 Å². The van der Waals surface area contributed by atoms with Crippen LogP contribution in [0.5, 0.6) is 0 Å². The number of carbonyl (C=O) groups is 8. The number of carbonyl (C=O) groups excluding carboxylic acids is 8. The van der Waals surface area contributed by atoms with Crippen LogP contribution in [0.3, 0.4) is 0 Å². The average molecular weight is 1530 g/mol. The van der Waals surface area contributed by atoms with Crippen molar-refractivity contribution >= 4 is 156 Å². The zero-order valence-corrected chi connectivity index (χ0v) is 65.6. The lowest BCUT2D eigenvalue weighted by molar-refractivity contribution is 0.0876. The molecular formula is C96H78F6N4O8. The van der Waals surface area contributed by atoms with Gasteiger partial charge in [0, 0.05) is 86.5 Å². The first kappa shape index (κ1) is 74.6. The number of benzene rings is 14. The first-order chi connectivity index (χ1) is 54.1. The number of rotatable bonds is 12. The summed E-state index contributed by atoms with van der Waals surface area (Å²) >= 11 is 0. The summed E-state index contributed by atoms with van der Waals surface area (Å²) in [5.41, 5.74) is 6.94. The molecule has 0 atom stereocenters. The number of para-hydroxylation sites is 4. The van der Waals surface area contributed by atoms with Gasteiger partial charge in [-0.2, -0.15) is 0 Å². The van der Waals surface area contributed by atoms with Crippen LogP contribution in [0.4, 0.5) is 49.1 Å². The summed E-state index contributed by atoms with van der Waals surface area (Å²) in [5.74, 6) is -12.5. The molecule has 0 N–H and O–H groups in total. The fraction of sp³-hybridized carbons (Fsp3) is 0.250. The Bertz CT molecular complexity index is 6170. The molecule has 4 heterocycles. The highest BCUT2D eigenvalue weighted by atomic mass is 19.1. The van der Waals surface area contributed by atoms with Gasteiger partial charge in [-0.05, 0) is 151 Å². The first-order valence-corrected chi connectivity index (χ1v) is 38.8. The maximum atomic E-state index is 17.0. The second-order valence-corrected chi connectivity index (χ2v) is 33.2. The van der Waals surface area contributed by atoms with Crippen LogP contribution >= 0.6 is 0 Å². The third-order valence-corrected chi connectivity index (χ3v) is 23.9. The minimum absolute atomic E-state index is 0.00574. The highest BCUT2D eigenvalue weighted by molar-refractivity contribution is 6.48. The van der Waals surface area contributed by atoms with Crippen molar-refractivity contribution in [1.82, 2.24) is 0 Å². The van der Waals surface area contributed by atoms with E-state index in [-0.39, 0.29) is 156 Å². The van der Waals surface area contributed by atoms with Crippen LogP contribution in [0, 0.1) is 34.9 Å². The standard InChI is InChI=1S/C48H38F4N2O4.C48H40F2N2O4/c1-19(2)23-11-9-12-24(20(3)4)43(23)53-45(55)27-15-31(49)37-39-33(51)17-29-36-30(48(58)54(47(29)57)44-25(21(5)6)13-10-14-26(44)22(7)8)18-34(52)40(42(36)39)38-32(50)16-28(46(53)56)35(27)41(37)38;1-21(2)25-11-9-12-26(22(3)4)43(25)51-45(53)31-17-15-29-40-36(50)20-34-38-32(18-16-30(42(38)40)39-35(49)19-33(47(51)55)37(31)41(29)39)46(54)52(48(34)56)44-27(23(5)6)13-10-14-28(44)24(7)8/h9-22H,1-8H3;9-24H,1-8H3. The van der Waals surface area contributed by atoms with Crippen molar-refractivity contribution in [3.05, 3.63) is 257 Å². The Morgan fingerprint density at radius 1 is 0.193 bits per heavy atom. The van der Waals surface area contributed by atoms with E-state index >= 15 is 26.3 Å². The molecule has 0 fully saturated rings. The Morgan fingerprint density at radius 3 is 0.544 bits per heavy atom. The van der Waals surface area contributed by atoms with E-state index in [2.05, 4.69) is 0 Å². The van der Waals surface area contributed by atoms with Crippen molar-refractivity contribution in [2.24, 2.45) is 0 Å². The Kier molecular flexibility index (Phi) is 17.1. The van der Waals surface area contributed by atoms with E-state index < -0.39 is 104 Å². The van der Waals surface area contributed by atoms with Crippen molar-refractivity contribution in [3.8, 4) is 0 Å². The lowest BCUT2D eigenvalue weighted by Gasteiger charge is -2.34. The van der Waals surface area contributed by atoms with E-state index in [0.717, 1.165) is 56.3 Å². The van der Waals surface area contributed by atoms with Gasteiger partial charge >= 0.3 is 0 Å². The molecular weight excluding hydrogens is 1450 g/mol. The van der Waals surface area contributed by atoms with Gasteiger partial charge in [-0.3, -0.25) is 38.4 Å². The molecule has 12 nitrogen and oxygen atoms in total. The maximum Gasteiger partial charge on any atom is 0.266 e. The smallest absolute Gasteiger partial charge is 0.266 e. The van der Waals surface area contributed by atoms with Crippen LogP contribution < -0.4 is 19.6 Å². The lowest BCUT2D eigenvalue weighted by Crippen LogP contribution is -2.42. The van der Waals surface area contributed by atoms with E-state index in [1.54, 1.807) is 48.5 Å². The summed E-state index contributed by atoms with van der Waals surface area (Å²) in [6.07, 6.45) is 0. The van der Waals surface area contributed by atoms with Gasteiger partial charge in [0.2, 0.25) is 0 Å². The lowest BCUT2D eigenvalue weighted by atomic mass is 9.80. The molecule has 0 saturated carbocycles. The number of hydrogen-bond donors (Lipinski definition) is 0. The number of amides is 8. The minimum atomic E-state index is -1.13. The Hall–Kier alpha value is -12.2. The second-order valence-electron chi connectivity index (χ2n) is 33.2. The molecule has 14 aromatic rings. The quantitative estimate of drug-likeness (QED) is 0.0508. The molecule has 8 amide bonds. The van der Waals surface area contributed by atoms with Crippen molar-refractivity contribution in [2.45, 2.75) is 158 Å². The van der Waals surface area contributed by atoms with Crippen LogP contribution in [0.15, 0.2) is 133 Å². The van der Waals surface area contributed by atoms with Crippen molar-refractivity contribution in [3.63, 3.8) is 0 Å². The molecule has 0 aromatic heterocycles. The highest BCUT2D eigenvalue weighted by Crippen LogP contribution is 2.55. The molecule has 0 spiro atoms. The van der Waals surface area contributed by atoms with Crippen LogP contribution in [0.25, 0.3) is 86.2 Å². The van der Waals surface area contributed by atoms with Gasteiger partial charge in [-0.15, -0.1) is 0 Å². The van der Waals surface area contributed by atoms with Crippen molar-refractivity contribution in [2.75, 3.05) is 19.6 Å². The molecule has 0 aliphatic carbocycles. The predicted octanol–water partition coefficient (Wildman–Crippen LogP) is 24.5. The summed E-state index contributed by atoms with van der Waals surface area (Å²) in [6.45, 7) is 31.2. The van der Waals surface area contributed by atoms with Gasteiger partial charge in [0.15, 0.2) is 0 Å². The molecule has 114 heavy (non-hydrogen) atoms. The number of fused-ring (bicyclic) bond motifs is 4. The van der Waals surface area contributed by atoms with E-state index in [9.17, 15) is 38.4 Å². The van der Waals surface area contributed by atoms with Crippen LogP contribution in [0.1, 0.15) is 285 Å². The highest BCUT2D eigenvalue weighted by Gasteiger charge is 2.46. The third kappa shape index (κ3) is 10.2. The van der Waals surface area contributed by atoms with Crippen molar-refractivity contribution in [1.29, 1.82) is 0 Å². The number of halogens is 6. The molecule has 0 bridgehead atoms. The largest absolute Gasteiger partial charge is 0.268 e. The molecule has 0 unspecified atom stereocenters. The predicted molar refractivity (Wildman–Crippen MR) is 438 cm³/mol. The van der Waals surface area contributed by atoms with Crippen LogP contribution in [-0.2, 0) is 0 Å². The van der Waals surface area contributed by atoms with E-state index in [1.807, 2.05) is 159 Å². The summed E-state index contributed by atoms with van der Waals surface area (Å²) < 4.78 is 102. The fourth-order valence-electron chi connectivity index (χ4n) is 18.7. The van der Waals surface area contributed by atoms with Gasteiger partial charge in [-0.25, -0.2) is 45.9 Å². The fourth-order valence-corrected chi connectivity index (χ4v) is 18.7. The summed E-state index contributed by atoms with van der Waals surface area (Å²) in [6, 6.07) is 34.6. The Morgan fingerprint density at radius 2 is 0.360 bits per heavy atom. The van der Waals surface area contributed by atoms with E-state index in [4.69, 9.17) is 0 Å². The topological polar surface area (TPSA) is 150 Å². The number of hydrogen-bond acceptors (Lipinski definition) is 8. The average Bonchev–Trinajstić information content (AvgIpc) is 0.668. The summed E-state index contributed by atoms with van der Waals surface area (Å²) in [7, 11) is 0. The van der Waals surface area contributed by atoms with Gasteiger partial charge in [0.1, 0.15) is 34.9 Å². The van der Waals surface area contributed by atoms with E-state index in [1.165, 1.54) is 21.9 Å². The Labute approximate surface area is 652 Å². The monoisotopic (exact) mass is 1530 g/mol. The van der Waals surface area contributed by atoms with Crippen molar-refractivity contribution < 1.29 is 64.7 Å². The molecule has 4 aliphatic heterocycles. The molecule has 18 rings (SSSR count). The zero-order chi connectivity index (χ0) is 81.4.